The molecular weight excluding hydrogens is 406 g/mol. The zero-order valence-electron chi connectivity index (χ0n) is 18.8. The molecule has 32 heavy (non-hydrogen) atoms. The molecule has 0 bridgehead atoms. The molecule has 0 unspecified atom stereocenters. The number of hydrogen-bond donors (Lipinski definition) is 0. The van der Waals surface area contributed by atoms with E-state index in [0.717, 1.165) is 29.5 Å². The highest BCUT2D eigenvalue weighted by Crippen LogP contribution is 2.26. The van der Waals surface area contributed by atoms with Crippen molar-refractivity contribution < 1.29 is 19.2 Å². The van der Waals surface area contributed by atoms with E-state index in [0.29, 0.717) is 6.54 Å². The summed E-state index contributed by atoms with van der Waals surface area (Å²) in [6.07, 6.45) is 5.80. The molecular formula is C25H29N3O4. The number of carbonyl (C=O) groups is 2. The van der Waals surface area contributed by atoms with Crippen molar-refractivity contribution in [2.24, 2.45) is 0 Å². The second-order valence-corrected chi connectivity index (χ2v) is 8.46. The number of aromatic nitrogens is 1. The first-order chi connectivity index (χ1) is 15.3. The number of nitrogens with zero attached hydrogens (tertiary/aromatic N) is 3. The molecule has 0 atom stereocenters. The molecule has 0 spiro atoms. The van der Waals surface area contributed by atoms with Crippen LogP contribution in [0, 0.1) is 0 Å². The van der Waals surface area contributed by atoms with E-state index in [2.05, 4.69) is 11.6 Å². The fourth-order valence-corrected chi connectivity index (χ4v) is 3.31. The first kappa shape index (κ1) is 23.1. The van der Waals surface area contributed by atoms with E-state index in [4.69, 9.17) is 9.57 Å². The topological polar surface area (TPSA) is 72.0 Å². The van der Waals surface area contributed by atoms with Gasteiger partial charge < -0.3 is 9.57 Å². The van der Waals surface area contributed by atoms with E-state index < -0.39 is 5.60 Å². The number of hydroxylamine groups is 2. The first-order valence-corrected chi connectivity index (χ1v) is 10.6. The highest BCUT2D eigenvalue weighted by molar-refractivity contribution is 5.92. The van der Waals surface area contributed by atoms with Gasteiger partial charge in [-0.25, -0.2) is 4.79 Å². The Morgan fingerprint density at radius 2 is 1.97 bits per heavy atom. The van der Waals surface area contributed by atoms with Crippen molar-refractivity contribution in [2.75, 3.05) is 6.54 Å². The number of rotatable bonds is 6. The number of allylic oxidation sites excluding steroid dienone is 1. The normalized spacial score (nSPS) is 13.7. The summed E-state index contributed by atoms with van der Waals surface area (Å²) >= 11 is 0. The monoisotopic (exact) mass is 435 g/mol. The maximum atomic E-state index is 13.1. The number of benzene rings is 1. The van der Waals surface area contributed by atoms with Gasteiger partial charge in [0.05, 0.1) is 6.54 Å². The molecule has 0 saturated carbocycles. The fraction of sp³-hybridized carbons (Fsp3) is 0.320. The van der Waals surface area contributed by atoms with Crippen molar-refractivity contribution in [3.8, 4) is 0 Å². The number of ether oxygens (including phenoxy) is 1. The summed E-state index contributed by atoms with van der Waals surface area (Å²) in [5.41, 5.74) is 2.37. The predicted octanol–water partition coefficient (Wildman–Crippen LogP) is 5.17. The van der Waals surface area contributed by atoms with Gasteiger partial charge >= 0.3 is 12.0 Å². The molecule has 2 heterocycles. The van der Waals surface area contributed by atoms with Crippen LogP contribution in [0.2, 0.25) is 0 Å². The molecule has 1 aromatic heterocycles. The quantitative estimate of drug-likeness (QED) is 0.462. The van der Waals surface area contributed by atoms with Crippen molar-refractivity contribution in [2.45, 2.75) is 45.8 Å². The van der Waals surface area contributed by atoms with Crippen LogP contribution in [-0.2, 0) is 16.1 Å². The van der Waals surface area contributed by atoms with Gasteiger partial charge in [0.1, 0.15) is 17.6 Å². The Bertz CT molecular complexity index is 996. The Morgan fingerprint density at radius 3 is 2.66 bits per heavy atom. The third kappa shape index (κ3) is 6.20. The molecule has 1 aliphatic rings. The van der Waals surface area contributed by atoms with Gasteiger partial charge in [-0.1, -0.05) is 36.9 Å². The van der Waals surface area contributed by atoms with Gasteiger partial charge in [-0.3, -0.25) is 14.7 Å². The van der Waals surface area contributed by atoms with Crippen molar-refractivity contribution in [3.05, 3.63) is 84.5 Å². The van der Waals surface area contributed by atoms with E-state index in [1.807, 2.05) is 57.2 Å². The van der Waals surface area contributed by atoms with Crippen LogP contribution in [0.15, 0.2) is 67.7 Å². The highest BCUT2D eigenvalue weighted by atomic mass is 16.7. The molecule has 7 nitrogen and oxygen atoms in total. The third-order valence-electron chi connectivity index (χ3n) is 4.73. The Kier molecular flexibility index (Phi) is 7.30. The largest absolute Gasteiger partial charge is 0.443 e. The van der Waals surface area contributed by atoms with Crippen molar-refractivity contribution in [3.63, 3.8) is 0 Å². The summed E-state index contributed by atoms with van der Waals surface area (Å²) in [5.74, 6) is -0.379. The fourth-order valence-electron chi connectivity index (χ4n) is 3.31. The molecule has 0 N–H and O–H groups in total. The van der Waals surface area contributed by atoms with E-state index in [-0.39, 0.29) is 24.2 Å². The number of amides is 2. The van der Waals surface area contributed by atoms with Crippen LogP contribution in [-0.4, -0.2) is 39.1 Å². The van der Waals surface area contributed by atoms with Crippen LogP contribution in [0.25, 0.3) is 5.57 Å². The van der Waals surface area contributed by atoms with Crippen molar-refractivity contribution >= 4 is 17.6 Å². The van der Waals surface area contributed by atoms with Gasteiger partial charge in [0.25, 0.3) is 0 Å². The molecule has 7 heteroatoms. The van der Waals surface area contributed by atoms with Crippen LogP contribution < -0.4 is 0 Å². The molecule has 0 fully saturated rings. The average molecular weight is 436 g/mol. The Balaban J connectivity index is 1.81. The van der Waals surface area contributed by atoms with Gasteiger partial charge in [0.2, 0.25) is 0 Å². The lowest BCUT2D eigenvalue weighted by molar-refractivity contribution is -0.0763. The maximum Gasteiger partial charge on any atom is 0.414 e. The van der Waals surface area contributed by atoms with Gasteiger partial charge in [-0.05, 0) is 62.4 Å². The Labute approximate surface area is 188 Å². The summed E-state index contributed by atoms with van der Waals surface area (Å²) in [6.45, 7) is 9.93. The number of pyridine rings is 1. The summed E-state index contributed by atoms with van der Waals surface area (Å²) in [7, 11) is 0. The minimum absolute atomic E-state index is 0.246. The Morgan fingerprint density at radius 1 is 1.22 bits per heavy atom. The maximum absolute atomic E-state index is 13.1. The van der Waals surface area contributed by atoms with Gasteiger partial charge in [0.15, 0.2) is 0 Å². The lowest BCUT2D eigenvalue weighted by Gasteiger charge is -2.28. The lowest BCUT2D eigenvalue weighted by atomic mass is 9.99. The molecule has 1 aliphatic heterocycles. The standard InChI is InChI=1S/C25H29N3O4/c1-5-31-28(17-19-10-7-6-8-11-19)23(29)22-16-20(13-14-26-22)21-12-9-15-27(18-21)24(30)32-25(2,3)4/h5-8,10-11,13-14,16,18H,1,9,12,15,17H2,2-4H3. The van der Waals surface area contributed by atoms with Crippen LogP contribution in [0.5, 0.6) is 0 Å². The molecule has 0 radical (unpaired) electrons. The summed E-state index contributed by atoms with van der Waals surface area (Å²) in [5, 5.41) is 1.22. The number of hydrogen-bond acceptors (Lipinski definition) is 5. The molecule has 3 rings (SSSR count). The predicted molar refractivity (Wildman–Crippen MR) is 122 cm³/mol. The molecule has 0 aliphatic carbocycles. The zero-order chi connectivity index (χ0) is 23.1. The van der Waals surface area contributed by atoms with Crippen LogP contribution in [0.3, 0.4) is 0 Å². The minimum Gasteiger partial charge on any atom is -0.443 e. The van der Waals surface area contributed by atoms with E-state index in [1.54, 1.807) is 23.4 Å². The second-order valence-electron chi connectivity index (χ2n) is 8.46. The van der Waals surface area contributed by atoms with E-state index in [9.17, 15) is 9.59 Å². The second kappa shape index (κ2) is 10.1. The van der Waals surface area contributed by atoms with Crippen molar-refractivity contribution in [1.29, 1.82) is 0 Å². The Hall–Kier alpha value is -3.61. The summed E-state index contributed by atoms with van der Waals surface area (Å²) in [4.78, 5) is 36.7. The van der Waals surface area contributed by atoms with Gasteiger partial charge in [-0.2, -0.15) is 5.06 Å². The highest BCUT2D eigenvalue weighted by Gasteiger charge is 2.24. The first-order valence-electron chi connectivity index (χ1n) is 10.6. The van der Waals surface area contributed by atoms with E-state index in [1.165, 1.54) is 11.3 Å². The molecule has 0 saturated heterocycles. The molecule has 2 aromatic rings. The SMILES string of the molecule is C=CON(Cc1ccccc1)C(=O)c1cc(C2=CN(C(=O)OC(C)(C)C)CCC2)ccn1. The summed E-state index contributed by atoms with van der Waals surface area (Å²) < 4.78 is 5.48. The summed E-state index contributed by atoms with van der Waals surface area (Å²) in [6, 6.07) is 13.1. The van der Waals surface area contributed by atoms with Gasteiger partial charge in [0, 0.05) is 18.9 Å². The third-order valence-corrected chi connectivity index (χ3v) is 4.73. The van der Waals surface area contributed by atoms with E-state index >= 15 is 0 Å². The minimum atomic E-state index is -0.563. The molecule has 1 aromatic carbocycles. The van der Waals surface area contributed by atoms with Crippen LogP contribution in [0.4, 0.5) is 4.79 Å². The van der Waals surface area contributed by atoms with Gasteiger partial charge in [-0.15, -0.1) is 0 Å². The number of carbonyl (C=O) groups excluding carboxylic acids is 2. The molecule has 168 valence electrons. The average Bonchev–Trinajstić information content (AvgIpc) is 2.78. The van der Waals surface area contributed by atoms with Crippen LogP contribution in [0.1, 0.15) is 55.2 Å². The smallest absolute Gasteiger partial charge is 0.414 e. The van der Waals surface area contributed by atoms with Crippen LogP contribution >= 0.6 is 0 Å². The molecule has 2 amide bonds. The lowest BCUT2D eigenvalue weighted by Crippen LogP contribution is -2.35. The zero-order valence-corrected chi connectivity index (χ0v) is 18.8. The van der Waals surface area contributed by atoms with Crippen molar-refractivity contribution in [1.82, 2.24) is 14.9 Å².